The zero-order valence-electron chi connectivity index (χ0n) is 9.78. The van der Waals surface area contributed by atoms with Gasteiger partial charge in [0.15, 0.2) is 0 Å². The first-order valence-electron chi connectivity index (χ1n) is 6.01. The SMILES string of the molecule is Nc1ccc2c(CN3CCNCC3)csc2c1. The molecule has 0 saturated carbocycles. The second kappa shape index (κ2) is 4.64. The van der Waals surface area contributed by atoms with E-state index in [0.717, 1.165) is 38.4 Å². The summed E-state index contributed by atoms with van der Waals surface area (Å²) in [6, 6.07) is 6.22. The normalized spacial score (nSPS) is 17.6. The number of nitrogens with zero attached hydrogens (tertiary/aromatic N) is 1. The van der Waals surface area contributed by atoms with E-state index in [9.17, 15) is 0 Å². The van der Waals surface area contributed by atoms with Crippen LogP contribution in [0.1, 0.15) is 5.56 Å². The van der Waals surface area contributed by atoms with Crippen LogP contribution in [0.15, 0.2) is 23.6 Å². The van der Waals surface area contributed by atoms with Crippen LogP contribution in [0.25, 0.3) is 10.1 Å². The van der Waals surface area contributed by atoms with Crippen LogP contribution < -0.4 is 11.1 Å². The summed E-state index contributed by atoms with van der Waals surface area (Å²) in [5.74, 6) is 0. The molecule has 0 bridgehead atoms. The Hall–Kier alpha value is -1.10. The molecule has 0 unspecified atom stereocenters. The average Bonchev–Trinajstić information content (AvgIpc) is 2.73. The Labute approximate surface area is 105 Å². The molecule has 0 radical (unpaired) electrons. The van der Waals surface area contributed by atoms with Crippen LogP contribution in [0.5, 0.6) is 0 Å². The summed E-state index contributed by atoms with van der Waals surface area (Å²) in [6.45, 7) is 5.56. The molecule has 3 nitrogen and oxygen atoms in total. The Morgan fingerprint density at radius 3 is 2.94 bits per heavy atom. The highest BCUT2D eigenvalue weighted by Crippen LogP contribution is 2.28. The Morgan fingerprint density at radius 1 is 1.29 bits per heavy atom. The van der Waals surface area contributed by atoms with E-state index in [1.54, 1.807) is 11.3 Å². The summed E-state index contributed by atoms with van der Waals surface area (Å²) in [6.07, 6.45) is 0. The molecule has 1 saturated heterocycles. The van der Waals surface area contributed by atoms with Gasteiger partial charge in [0.1, 0.15) is 0 Å². The molecule has 0 aliphatic carbocycles. The van der Waals surface area contributed by atoms with Gasteiger partial charge in [-0.3, -0.25) is 4.90 Å². The van der Waals surface area contributed by atoms with Gasteiger partial charge in [-0.05, 0) is 28.5 Å². The second-order valence-electron chi connectivity index (χ2n) is 4.54. The van der Waals surface area contributed by atoms with Crippen molar-refractivity contribution in [1.82, 2.24) is 10.2 Å². The van der Waals surface area contributed by atoms with Gasteiger partial charge in [-0.1, -0.05) is 6.07 Å². The van der Waals surface area contributed by atoms with E-state index in [4.69, 9.17) is 5.73 Å². The van der Waals surface area contributed by atoms with Crippen LogP contribution in [0.2, 0.25) is 0 Å². The summed E-state index contributed by atoms with van der Waals surface area (Å²) < 4.78 is 1.30. The number of anilines is 1. The van der Waals surface area contributed by atoms with Crippen LogP contribution in [0.4, 0.5) is 5.69 Å². The molecule has 4 heteroatoms. The van der Waals surface area contributed by atoms with E-state index in [1.165, 1.54) is 15.6 Å². The van der Waals surface area contributed by atoms with Crippen molar-refractivity contribution in [2.24, 2.45) is 0 Å². The smallest absolute Gasteiger partial charge is 0.0366 e. The molecule has 0 spiro atoms. The zero-order valence-corrected chi connectivity index (χ0v) is 10.6. The predicted molar refractivity (Wildman–Crippen MR) is 74.4 cm³/mol. The van der Waals surface area contributed by atoms with Crippen molar-refractivity contribution in [2.45, 2.75) is 6.54 Å². The van der Waals surface area contributed by atoms with Crippen LogP contribution in [-0.4, -0.2) is 31.1 Å². The van der Waals surface area contributed by atoms with Crippen molar-refractivity contribution in [2.75, 3.05) is 31.9 Å². The van der Waals surface area contributed by atoms with Gasteiger partial charge < -0.3 is 11.1 Å². The highest BCUT2D eigenvalue weighted by Gasteiger charge is 2.12. The number of piperazine rings is 1. The maximum Gasteiger partial charge on any atom is 0.0366 e. The van der Waals surface area contributed by atoms with E-state index in [2.05, 4.69) is 27.7 Å². The maximum atomic E-state index is 5.81. The summed E-state index contributed by atoms with van der Waals surface area (Å²) in [4.78, 5) is 2.51. The summed E-state index contributed by atoms with van der Waals surface area (Å²) in [5, 5.41) is 7.02. The van der Waals surface area contributed by atoms with Crippen molar-refractivity contribution >= 4 is 27.1 Å². The summed E-state index contributed by atoms with van der Waals surface area (Å²) in [5.41, 5.74) is 8.10. The van der Waals surface area contributed by atoms with Crippen LogP contribution in [0.3, 0.4) is 0 Å². The first-order valence-corrected chi connectivity index (χ1v) is 6.89. The third kappa shape index (κ3) is 2.29. The molecule has 1 aromatic carbocycles. The molecule has 1 fully saturated rings. The maximum absolute atomic E-state index is 5.81. The summed E-state index contributed by atoms with van der Waals surface area (Å²) >= 11 is 1.79. The van der Waals surface area contributed by atoms with Gasteiger partial charge in [0.25, 0.3) is 0 Å². The number of benzene rings is 1. The molecular weight excluding hydrogens is 230 g/mol. The lowest BCUT2D eigenvalue weighted by atomic mass is 10.1. The number of hydrogen-bond donors (Lipinski definition) is 2. The molecule has 1 aromatic heterocycles. The molecule has 17 heavy (non-hydrogen) atoms. The lowest BCUT2D eigenvalue weighted by molar-refractivity contribution is 0.234. The molecular formula is C13H17N3S. The number of nitrogen functional groups attached to an aromatic ring is 1. The number of nitrogens with one attached hydrogen (secondary N) is 1. The lowest BCUT2D eigenvalue weighted by Crippen LogP contribution is -2.42. The van der Waals surface area contributed by atoms with Crippen LogP contribution in [-0.2, 0) is 6.54 Å². The Kier molecular flexibility index (Phi) is 3.01. The second-order valence-corrected chi connectivity index (χ2v) is 5.45. The van der Waals surface area contributed by atoms with E-state index in [0.29, 0.717) is 0 Å². The van der Waals surface area contributed by atoms with Gasteiger partial charge in [0, 0.05) is 43.1 Å². The van der Waals surface area contributed by atoms with Crippen molar-refractivity contribution in [1.29, 1.82) is 0 Å². The van der Waals surface area contributed by atoms with Gasteiger partial charge in [0.05, 0.1) is 0 Å². The fraction of sp³-hybridized carbons (Fsp3) is 0.385. The fourth-order valence-electron chi connectivity index (χ4n) is 2.33. The van der Waals surface area contributed by atoms with E-state index >= 15 is 0 Å². The number of fused-ring (bicyclic) bond motifs is 1. The first kappa shape index (κ1) is 11.0. The van der Waals surface area contributed by atoms with Crippen molar-refractivity contribution in [3.63, 3.8) is 0 Å². The molecule has 2 aromatic rings. The molecule has 2 heterocycles. The van der Waals surface area contributed by atoms with Crippen molar-refractivity contribution in [3.8, 4) is 0 Å². The molecule has 3 N–H and O–H groups in total. The Bertz CT molecular complexity index is 514. The zero-order chi connectivity index (χ0) is 11.7. The third-order valence-corrected chi connectivity index (χ3v) is 4.28. The largest absolute Gasteiger partial charge is 0.399 e. The number of thiophene rings is 1. The topological polar surface area (TPSA) is 41.3 Å². The van der Waals surface area contributed by atoms with Gasteiger partial charge in [0.2, 0.25) is 0 Å². The minimum absolute atomic E-state index is 0.855. The predicted octanol–water partition coefficient (Wildman–Crippen LogP) is 1.89. The fourth-order valence-corrected chi connectivity index (χ4v) is 3.33. The third-order valence-electron chi connectivity index (χ3n) is 3.28. The number of hydrogen-bond acceptors (Lipinski definition) is 4. The number of rotatable bonds is 2. The van der Waals surface area contributed by atoms with Gasteiger partial charge >= 0.3 is 0 Å². The van der Waals surface area contributed by atoms with Crippen LogP contribution >= 0.6 is 11.3 Å². The molecule has 1 aliphatic heterocycles. The van der Waals surface area contributed by atoms with Crippen molar-refractivity contribution in [3.05, 3.63) is 29.1 Å². The van der Waals surface area contributed by atoms with Gasteiger partial charge in [-0.2, -0.15) is 0 Å². The minimum Gasteiger partial charge on any atom is -0.399 e. The van der Waals surface area contributed by atoms with E-state index in [-0.39, 0.29) is 0 Å². The van der Waals surface area contributed by atoms with Gasteiger partial charge in [-0.25, -0.2) is 0 Å². The van der Waals surface area contributed by atoms with Gasteiger partial charge in [-0.15, -0.1) is 11.3 Å². The molecule has 0 amide bonds. The highest BCUT2D eigenvalue weighted by molar-refractivity contribution is 7.17. The van der Waals surface area contributed by atoms with Crippen molar-refractivity contribution < 1.29 is 0 Å². The standard InChI is InChI=1S/C13H17N3S/c14-11-1-2-12-10(9-17-13(12)7-11)8-16-5-3-15-4-6-16/h1-2,7,9,15H,3-6,8,14H2. The monoisotopic (exact) mass is 247 g/mol. The van der Waals surface area contributed by atoms with Crippen LogP contribution in [0, 0.1) is 0 Å². The Morgan fingerprint density at radius 2 is 2.12 bits per heavy atom. The Balaban J connectivity index is 1.84. The average molecular weight is 247 g/mol. The molecule has 3 rings (SSSR count). The van der Waals surface area contributed by atoms with E-state index < -0.39 is 0 Å². The van der Waals surface area contributed by atoms with E-state index in [1.807, 2.05) is 6.07 Å². The molecule has 90 valence electrons. The quantitative estimate of drug-likeness (QED) is 0.796. The summed E-state index contributed by atoms with van der Waals surface area (Å²) in [7, 11) is 0. The number of nitrogens with two attached hydrogens (primary N) is 1. The molecule has 0 atom stereocenters. The lowest BCUT2D eigenvalue weighted by Gasteiger charge is -2.26. The first-order chi connectivity index (χ1) is 8.33. The highest BCUT2D eigenvalue weighted by atomic mass is 32.1. The molecule has 1 aliphatic rings. The minimum atomic E-state index is 0.855.